The Balaban J connectivity index is 2.52. The molecule has 0 fully saturated rings. The molecule has 0 bridgehead atoms. The van der Waals surface area contributed by atoms with Crippen molar-refractivity contribution in [1.82, 2.24) is 0 Å². The summed E-state index contributed by atoms with van der Waals surface area (Å²) in [5, 5.41) is 5.62. The summed E-state index contributed by atoms with van der Waals surface area (Å²) in [7, 11) is 0. The SMILES string of the molecule is CCCOC(=O)Nc1scc(C)c1C. The third-order valence-electron chi connectivity index (χ3n) is 1.94. The minimum atomic E-state index is -0.364. The maximum absolute atomic E-state index is 11.2. The van der Waals surface area contributed by atoms with E-state index in [-0.39, 0.29) is 6.09 Å². The van der Waals surface area contributed by atoms with Gasteiger partial charge in [-0.2, -0.15) is 0 Å². The molecule has 1 N–H and O–H groups in total. The van der Waals surface area contributed by atoms with Gasteiger partial charge in [-0.25, -0.2) is 4.79 Å². The second-order valence-electron chi connectivity index (χ2n) is 3.13. The van der Waals surface area contributed by atoms with Crippen molar-refractivity contribution in [3.8, 4) is 0 Å². The van der Waals surface area contributed by atoms with E-state index in [9.17, 15) is 4.79 Å². The van der Waals surface area contributed by atoms with E-state index in [4.69, 9.17) is 4.74 Å². The summed E-state index contributed by atoms with van der Waals surface area (Å²) in [6.45, 7) is 6.44. The van der Waals surface area contributed by atoms with E-state index in [1.54, 1.807) is 0 Å². The lowest BCUT2D eigenvalue weighted by molar-refractivity contribution is 0.162. The van der Waals surface area contributed by atoms with Crippen LogP contribution in [0.1, 0.15) is 24.5 Å². The molecule has 0 aliphatic rings. The van der Waals surface area contributed by atoms with E-state index in [0.717, 1.165) is 17.0 Å². The zero-order chi connectivity index (χ0) is 10.6. The van der Waals surface area contributed by atoms with Crippen molar-refractivity contribution in [3.63, 3.8) is 0 Å². The number of carbonyl (C=O) groups excluding carboxylic acids is 1. The Morgan fingerprint density at radius 3 is 2.79 bits per heavy atom. The molecule has 0 aliphatic heterocycles. The van der Waals surface area contributed by atoms with Crippen molar-refractivity contribution >= 4 is 22.4 Å². The number of hydrogen-bond acceptors (Lipinski definition) is 3. The highest BCUT2D eigenvalue weighted by Gasteiger charge is 2.08. The van der Waals surface area contributed by atoms with Crippen LogP contribution in [0.5, 0.6) is 0 Å². The van der Waals surface area contributed by atoms with Crippen molar-refractivity contribution in [2.45, 2.75) is 27.2 Å². The largest absolute Gasteiger partial charge is 0.449 e. The Labute approximate surface area is 88.1 Å². The molecular formula is C10H15NO2S. The molecule has 0 spiro atoms. The summed E-state index contributed by atoms with van der Waals surface area (Å²) < 4.78 is 4.92. The lowest BCUT2D eigenvalue weighted by Crippen LogP contribution is -2.13. The van der Waals surface area contributed by atoms with Crippen LogP contribution in [0.15, 0.2) is 5.38 Å². The van der Waals surface area contributed by atoms with E-state index in [2.05, 4.69) is 5.32 Å². The van der Waals surface area contributed by atoms with Gasteiger partial charge in [0.25, 0.3) is 0 Å². The minimum Gasteiger partial charge on any atom is -0.449 e. The van der Waals surface area contributed by atoms with Gasteiger partial charge in [-0.3, -0.25) is 5.32 Å². The molecule has 78 valence electrons. The molecule has 0 aliphatic carbocycles. The molecule has 0 unspecified atom stereocenters. The quantitative estimate of drug-likeness (QED) is 0.836. The van der Waals surface area contributed by atoms with Crippen LogP contribution >= 0.6 is 11.3 Å². The number of rotatable bonds is 3. The molecule has 1 amide bonds. The summed E-state index contributed by atoms with van der Waals surface area (Å²) in [6.07, 6.45) is 0.479. The van der Waals surface area contributed by atoms with Crippen molar-refractivity contribution in [2.24, 2.45) is 0 Å². The Bertz CT molecular complexity index is 320. The Morgan fingerprint density at radius 1 is 1.57 bits per heavy atom. The average Bonchev–Trinajstić information content (AvgIpc) is 2.46. The van der Waals surface area contributed by atoms with E-state index in [1.807, 2.05) is 26.2 Å². The normalized spacial score (nSPS) is 9.93. The van der Waals surface area contributed by atoms with Crippen molar-refractivity contribution in [2.75, 3.05) is 11.9 Å². The number of hydrogen-bond donors (Lipinski definition) is 1. The summed E-state index contributed by atoms with van der Waals surface area (Å²) in [5.41, 5.74) is 2.31. The zero-order valence-electron chi connectivity index (χ0n) is 8.72. The molecule has 0 aromatic carbocycles. The summed E-state index contributed by atoms with van der Waals surface area (Å²) in [5.74, 6) is 0. The molecular weight excluding hydrogens is 198 g/mol. The fourth-order valence-corrected chi connectivity index (χ4v) is 1.90. The van der Waals surface area contributed by atoms with Crippen LogP contribution in [0.25, 0.3) is 0 Å². The monoisotopic (exact) mass is 213 g/mol. The fraction of sp³-hybridized carbons (Fsp3) is 0.500. The van der Waals surface area contributed by atoms with Gasteiger partial charge in [-0.1, -0.05) is 6.92 Å². The lowest BCUT2D eigenvalue weighted by Gasteiger charge is -2.04. The fourth-order valence-electron chi connectivity index (χ4n) is 0.950. The van der Waals surface area contributed by atoms with E-state index >= 15 is 0 Å². The van der Waals surface area contributed by atoms with Crippen molar-refractivity contribution < 1.29 is 9.53 Å². The first-order valence-electron chi connectivity index (χ1n) is 4.63. The number of anilines is 1. The van der Waals surface area contributed by atoms with Crippen LogP contribution in [-0.4, -0.2) is 12.7 Å². The standard InChI is InChI=1S/C10H15NO2S/c1-4-5-13-10(12)11-9-8(3)7(2)6-14-9/h6H,4-5H2,1-3H3,(H,11,12). The molecule has 1 heterocycles. The first-order chi connectivity index (χ1) is 6.65. The predicted molar refractivity (Wildman–Crippen MR) is 59.1 cm³/mol. The second-order valence-corrected chi connectivity index (χ2v) is 4.01. The van der Waals surface area contributed by atoms with Crippen LogP contribution in [0.2, 0.25) is 0 Å². The number of amides is 1. The number of aryl methyl sites for hydroxylation is 1. The highest BCUT2D eigenvalue weighted by Crippen LogP contribution is 2.26. The van der Waals surface area contributed by atoms with Crippen molar-refractivity contribution in [1.29, 1.82) is 0 Å². The predicted octanol–water partition coefficient (Wildman–Crippen LogP) is 3.32. The van der Waals surface area contributed by atoms with Crippen LogP contribution in [0.4, 0.5) is 9.80 Å². The molecule has 1 aromatic rings. The highest BCUT2D eigenvalue weighted by molar-refractivity contribution is 7.14. The summed E-state index contributed by atoms with van der Waals surface area (Å²) in [6, 6.07) is 0. The molecule has 1 rings (SSSR count). The topological polar surface area (TPSA) is 38.3 Å². The van der Waals surface area contributed by atoms with Crippen LogP contribution in [-0.2, 0) is 4.74 Å². The Kier molecular flexibility index (Phi) is 3.95. The molecule has 1 aromatic heterocycles. The number of ether oxygens (including phenoxy) is 1. The molecule has 0 atom stereocenters. The molecule has 14 heavy (non-hydrogen) atoms. The Hall–Kier alpha value is -1.03. The first-order valence-corrected chi connectivity index (χ1v) is 5.51. The molecule has 0 saturated carbocycles. The third kappa shape index (κ3) is 2.73. The zero-order valence-corrected chi connectivity index (χ0v) is 9.53. The van der Waals surface area contributed by atoms with Gasteiger partial charge in [-0.05, 0) is 36.8 Å². The smallest absolute Gasteiger partial charge is 0.412 e. The van der Waals surface area contributed by atoms with Gasteiger partial charge in [0, 0.05) is 0 Å². The van der Waals surface area contributed by atoms with Crippen molar-refractivity contribution in [3.05, 3.63) is 16.5 Å². The summed E-state index contributed by atoms with van der Waals surface area (Å²) >= 11 is 1.53. The number of carbonyl (C=O) groups is 1. The first kappa shape index (κ1) is 11.0. The molecule has 0 radical (unpaired) electrons. The molecule has 4 heteroatoms. The third-order valence-corrected chi connectivity index (χ3v) is 3.05. The van der Waals surface area contributed by atoms with Gasteiger partial charge in [-0.15, -0.1) is 11.3 Å². The second kappa shape index (κ2) is 5.00. The van der Waals surface area contributed by atoms with Gasteiger partial charge in [0.2, 0.25) is 0 Å². The lowest BCUT2D eigenvalue weighted by atomic mass is 10.2. The van der Waals surface area contributed by atoms with Gasteiger partial charge in [0.05, 0.1) is 6.61 Å². The number of thiophene rings is 1. The maximum Gasteiger partial charge on any atom is 0.412 e. The van der Waals surface area contributed by atoms with Crippen LogP contribution < -0.4 is 5.32 Å². The van der Waals surface area contributed by atoms with Crippen LogP contribution in [0, 0.1) is 13.8 Å². The molecule has 3 nitrogen and oxygen atoms in total. The van der Waals surface area contributed by atoms with Gasteiger partial charge < -0.3 is 4.74 Å². The summed E-state index contributed by atoms with van der Waals surface area (Å²) in [4.78, 5) is 11.2. The van der Waals surface area contributed by atoms with Gasteiger partial charge in [0.15, 0.2) is 0 Å². The van der Waals surface area contributed by atoms with E-state index in [1.165, 1.54) is 16.9 Å². The average molecular weight is 213 g/mol. The Morgan fingerprint density at radius 2 is 2.29 bits per heavy atom. The van der Waals surface area contributed by atoms with E-state index < -0.39 is 0 Å². The minimum absolute atomic E-state index is 0.364. The molecule has 0 saturated heterocycles. The van der Waals surface area contributed by atoms with Gasteiger partial charge >= 0.3 is 6.09 Å². The van der Waals surface area contributed by atoms with Gasteiger partial charge in [0.1, 0.15) is 5.00 Å². The maximum atomic E-state index is 11.2. The number of nitrogens with one attached hydrogen (secondary N) is 1. The van der Waals surface area contributed by atoms with E-state index in [0.29, 0.717) is 6.61 Å². The van der Waals surface area contributed by atoms with Crippen LogP contribution in [0.3, 0.4) is 0 Å². The highest BCUT2D eigenvalue weighted by atomic mass is 32.1.